The lowest BCUT2D eigenvalue weighted by Crippen LogP contribution is -2.00. The maximum absolute atomic E-state index is 10.7. The number of aliphatic carboxylic acids is 1. The number of benzene rings is 1. The molecule has 0 bridgehead atoms. The summed E-state index contributed by atoms with van der Waals surface area (Å²) in [5, 5.41) is 8.36. The number of carbonyl (C=O) groups excluding carboxylic acids is 1. The van der Waals surface area contributed by atoms with Crippen LogP contribution in [0.25, 0.3) is 6.08 Å². The third kappa shape index (κ3) is 5.32. The zero-order chi connectivity index (χ0) is 12.7. The Kier molecular flexibility index (Phi) is 4.69. The van der Waals surface area contributed by atoms with Gasteiger partial charge in [-0.05, 0) is 17.7 Å². The Morgan fingerprint density at radius 1 is 1.18 bits per heavy atom. The molecule has 0 aromatic heterocycles. The molecule has 1 aromatic carbocycles. The standard InChI is InChI=1S/C13H12O4/c1-10(14)17-12-8-6-11(7-9-12)4-2-3-5-13(15)16/h2-9H,1H3,(H,15,16). The minimum absolute atomic E-state index is 0.363. The third-order valence-corrected chi connectivity index (χ3v) is 1.78. The molecule has 0 amide bonds. The molecule has 1 N–H and O–H groups in total. The number of esters is 1. The fourth-order valence-corrected chi connectivity index (χ4v) is 1.12. The van der Waals surface area contributed by atoms with Gasteiger partial charge in [-0.1, -0.05) is 30.4 Å². The molecule has 0 saturated carbocycles. The first kappa shape index (κ1) is 12.7. The van der Waals surface area contributed by atoms with Gasteiger partial charge in [0.25, 0.3) is 0 Å². The lowest BCUT2D eigenvalue weighted by atomic mass is 10.2. The van der Waals surface area contributed by atoms with Gasteiger partial charge in [-0.2, -0.15) is 0 Å². The van der Waals surface area contributed by atoms with Crippen LogP contribution in [0.2, 0.25) is 0 Å². The predicted molar refractivity (Wildman–Crippen MR) is 63.6 cm³/mol. The van der Waals surface area contributed by atoms with Crippen LogP contribution in [0.1, 0.15) is 12.5 Å². The second kappa shape index (κ2) is 6.27. The van der Waals surface area contributed by atoms with E-state index in [4.69, 9.17) is 9.84 Å². The van der Waals surface area contributed by atoms with Crippen molar-refractivity contribution in [2.75, 3.05) is 0 Å². The molecule has 0 saturated heterocycles. The molecular formula is C13H12O4. The van der Waals surface area contributed by atoms with Gasteiger partial charge in [0.2, 0.25) is 0 Å². The molecule has 0 atom stereocenters. The van der Waals surface area contributed by atoms with Gasteiger partial charge in [0.05, 0.1) is 0 Å². The fourth-order valence-electron chi connectivity index (χ4n) is 1.12. The first-order valence-electron chi connectivity index (χ1n) is 4.94. The first-order chi connectivity index (χ1) is 8.08. The van der Waals surface area contributed by atoms with E-state index >= 15 is 0 Å². The van der Waals surface area contributed by atoms with E-state index in [2.05, 4.69) is 0 Å². The van der Waals surface area contributed by atoms with E-state index in [1.807, 2.05) is 0 Å². The third-order valence-electron chi connectivity index (χ3n) is 1.78. The number of carboxylic acid groups (broad SMARTS) is 1. The monoisotopic (exact) mass is 232 g/mol. The molecular weight excluding hydrogens is 220 g/mol. The number of carboxylic acids is 1. The van der Waals surface area contributed by atoms with Crippen LogP contribution in [-0.4, -0.2) is 17.0 Å². The summed E-state index contributed by atoms with van der Waals surface area (Å²) in [6.45, 7) is 1.34. The molecule has 0 spiro atoms. The van der Waals surface area contributed by atoms with Gasteiger partial charge in [-0.3, -0.25) is 4.79 Å². The van der Waals surface area contributed by atoms with Crippen molar-refractivity contribution < 1.29 is 19.4 Å². The van der Waals surface area contributed by atoms with E-state index in [1.165, 1.54) is 13.0 Å². The molecule has 17 heavy (non-hydrogen) atoms. The van der Waals surface area contributed by atoms with Gasteiger partial charge in [0, 0.05) is 13.0 Å². The fraction of sp³-hybridized carbons (Fsp3) is 0.0769. The highest BCUT2D eigenvalue weighted by Crippen LogP contribution is 2.13. The molecule has 1 aromatic rings. The number of carbonyl (C=O) groups is 2. The zero-order valence-electron chi connectivity index (χ0n) is 9.29. The van der Waals surface area contributed by atoms with Crippen LogP contribution in [0.3, 0.4) is 0 Å². The van der Waals surface area contributed by atoms with E-state index in [9.17, 15) is 9.59 Å². The first-order valence-corrected chi connectivity index (χ1v) is 4.94. The molecule has 0 aliphatic rings. The Balaban J connectivity index is 2.62. The van der Waals surface area contributed by atoms with Crippen molar-refractivity contribution in [3.05, 3.63) is 48.1 Å². The average molecular weight is 232 g/mol. The number of hydrogen-bond donors (Lipinski definition) is 1. The second-order valence-electron chi connectivity index (χ2n) is 3.22. The lowest BCUT2D eigenvalue weighted by Gasteiger charge is -2.00. The summed E-state index contributed by atoms with van der Waals surface area (Å²) in [6.07, 6.45) is 5.85. The Morgan fingerprint density at radius 2 is 1.82 bits per heavy atom. The Bertz CT molecular complexity index is 455. The van der Waals surface area contributed by atoms with Crippen LogP contribution >= 0.6 is 0 Å². The van der Waals surface area contributed by atoms with Crippen molar-refractivity contribution in [1.29, 1.82) is 0 Å². The SMILES string of the molecule is CC(=O)Oc1ccc(C=CC=CC(=O)O)cc1. The quantitative estimate of drug-likeness (QED) is 0.374. The van der Waals surface area contributed by atoms with E-state index in [1.54, 1.807) is 36.4 Å². The highest BCUT2D eigenvalue weighted by Gasteiger charge is 1.96. The molecule has 0 aliphatic carbocycles. The minimum atomic E-state index is -0.986. The lowest BCUT2D eigenvalue weighted by molar-refractivity contribution is -0.132. The summed E-state index contributed by atoms with van der Waals surface area (Å²) < 4.78 is 4.87. The maximum Gasteiger partial charge on any atom is 0.328 e. The van der Waals surface area contributed by atoms with Gasteiger partial charge in [-0.25, -0.2) is 4.79 Å². The summed E-state index contributed by atoms with van der Waals surface area (Å²) in [6, 6.07) is 6.87. The zero-order valence-corrected chi connectivity index (χ0v) is 9.29. The molecule has 1 rings (SSSR count). The van der Waals surface area contributed by atoms with Gasteiger partial charge in [-0.15, -0.1) is 0 Å². The van der Waals surface area contributed by atoms with E-state index in [0.29, 0.717) is 5.75 Å². The number of allylic oxidation sites excluding steroid dienone is 2. The number of ether oxygens (including phenoxy) is 1. The van der Waals surface area contributed by atoms with Gasteiger partial charge in [0.15, 0.2) is 0 Å². The Morgan fingerprint density at radius 3 is 2.35 bits per heavy atom. The van der Waals surface area contributed by atoms with Crippen LogP contribution in [0.5, 0.6) is 5.75 Å². The molecule has 0 unspecified atom stereocenters. The van der Waals surface area contributed by atoms with Crippen molar-refractivity contribution >= 4 is 18.0 Å². The number of hydrogen-bond acceptors (Lipinski definition) is 3. The van der Waals surface area contributed by atoms with Gasteiger partial charge >= 0.3 is 11.9 Å². The molecule has 88 valence electrons. The van der Waals surface area contributed by atoms with Crippen LogP contribution in [0.4, 0.5) is 0 Å². The van der Waals surface area contributed by atoms with Crippen molar-refractivity contribution in [3.63, 3.8) is 0 Å². The highest BCUT2D eigenvalue weighted by atomic mass is 16.5. The largest absolute Gasteiger partial charge is 0.478 e. The number of rotatable bonds is 4. The Hall–Kier alpha value is -2.36. The van der Waals surface area contributed by atoms with Gasteiger partial charge < -0.3 is 9.84 Å². The topological polar surface area (TPSA) is 63.6 Å². The van der Waals surface area contributed by atoms with E-state index in [0.717, 1.165) is 11.6 Å². The highest BCUT2D eigenvalue weighted by molar-refractivity contribution is 5.80. The maximum atomic E-state index is 10.7. The van der Waals surface area contributed by atoms with Crippen LogP contribution < -0.4 is 4.74 Å². The van der Waals surface area contributed by atoms with E-state index in [-0.39, 0.29) is 5.97 Å². The molecule has 0 fully saturated rings. The summed E-state index contributed by atoms with van der Waals surface area (Å²) in [7, 11) is 0. The summed E-state index contributed by atoms with van der Waals surface area (Å²) in [5.74, 6) is -0.867. The molecule has 0 radical (unpaired) electrons. The van der Waals surface area contributed by atoms with E-state index < -0.39 is 5.97 Å². The Labute approximate surface area is 98.8 Å². The average Bonchev–Trinajstić information content (AvgIpc) is 2.25. The van der Waals surface area contributed by atoms with Crippen molar-refractivity contribution in [2.45, 2.75) is 6.92 Å². The van der Waals surface area contributed by atoms with Crippen molar-refractivity contribution in [2.24, 2.45) is 0 Å². The molecule has 0 heterocycles. The minimum Gasteiger partial charge on any atom is -0.478 e. The predicted octanol–water partition coefficient (Wildman–Crippen LogP) is 2.27. The van der Waals surface area contributed by atoms with Crippen LogP contribution in [0.15, 0.2) is 42.5 Å². The molecule has 4 heteroatoms. The smallest absolute Gasteiger partial charge is 0.328 e. The normalized spacial score (nSPS) is 10.9. The van der Waals surface area contributed by atoms with Crippen LogP contribution in [-0.2, 0) is 9.59 Å². The van der Waals surface area contributed by atoms with Crippen molar-refractivity contribution in [3.8, 4) is 5.75 Å². The molecule has 0 aliphatic heterocycles. The summed E-state index contributed by atoms with van der Waals surface area (Å²) in [4.78, 5) is 20.9. The van der Waals surface area contributed by atoms with Gasteiger partial charge in [0.1, 0.15) is 5.75 Å². The van der Waals surface area contributed by atoms with Crippen LogP contribution in [0, 0.1) is 0 Å². The second-order valence-corrected chi connectivity index (χ2v) is 3.22. The summed E-state index contributed by atoms with van der Waals surface area (Å²) >= 11 is 0. The molecule has 4 nitrogen and oxygen atoms in total. The van der Waals surface area contributed by atoms with Crippen molar-refractivity contribution in [1.82, 2.24) is 0 Å². The summed E-state index contributed by atoms with van der Waals surface area (Å²) in [5.41, 5.74) is 0.885.